The van der Waals surface area contributed by atoms with E-state index in [4.69, 9.17) is 4.74 Å². The Balaban J connectivity index is 0.00000210. The molecule has 3 aliphatic rings. The number of ether oxygens (including phenoxy) is 1. The molecular weight excluding hydrogens is 360 g/mol. The van der Waals surface area contributed by atoms with Crippen LogP contribution in [0.25, 0.3) is 0 Å². The summed E-state index contributed by atoms with van der Waals surface area (Å²) in [7, 11) is 1.71. The molecule has 1 saturated heterocycles. The second-order valence-corrected chi connectivity index (χ2v) is 8.69. The van der Waals surface area contributed by atoms with Crippen LogP contribution in [0.3, 0.4) is 0 Å². The average Bonchev–Trinajstić information content (AvgIpc) is 3.29. The van der Waals surface area contributed by atoms with E-state index in [2.05, 4.69) is 22.8 Å². The Labute approximate surface area is 169 Å². The monoisotopic (exact) mass is 392 g/mol. The van der Waals surface area contributed by atoms with Gasteiger partial charge in [0.15, 0.2) is 0 Å². The molecule has 1 aromatic carbocycles. The number of benzene rings is 1. The van der Waals surface area contributed by atoms with Gasteiger partial charge in [0.05, 0.1) is 12.5 Å². The van der Waals surface area contributed by atoms with Crippen molar-refractivity contribution >= 4 is 18.3 Å². The fourth-order valence-corrected chi connectivity index (χ4v) is 5.68. The Morgan fingerprint density at radius 3 is 2.89 bits per heavy atom. The van der Waals surface area contributed by atoms with E-state index in [1.54, 1.807) is 7.11 Å². The number of nitrogens with one attached hydrogen (secondary N) is 2. The van der Waals surface area contributed by atoms with Crippen molar-refractivity contribution in [1.29, 1.82) is 0 Å². The third-order valence-electron chi connectivity index (χ3n) is 7.03. The van der Waals surface area contributed by atoms with Crippen molar-refractivity contribution in [3.8, 4) is 5.75 Å². The van der Waals surface area contributed by atoms with Gasteiger partial charge in [-0.15, -0.1) is 12.4 Å². The Kier molecular flexibility index (Phi) is 6.69. The highest BCUT2D eigenvalue weighted by Gasteiger charge is 2.55. The lowest BCUT2D eigenvalue weighted by Gasteiger charge is -2.37. The van der Waals surface area contributed by atoms with Crippen LogP contribution in [-0.2, 0) is 11.2 Å². The molecule has 4 unspecified atom stereocenters. The third-order valence-corrected chi connectivity index (χ3v) is 7.03. The Morgan fingerprint density at radius 2 is 2.22 bits per heavy atom. The number of halogens is 1. The highest BCUT2D eigenvalue weighted by molar-refractivity contribution is 5.85. The normalized spacial score (nSPS) is 32.0. The predicted molar refractivity (Wildman–Crippen MR) is 110 cm³/mol. The number of hydrogen-bond acceptors (Lipinski definition) is 3. The fraction of sp³-hybridized carbons (Fsp3) is 0.682. The van der Waals surface area contributed by atoms with Gasteiger partial charge in [-0.2, -0.15) is 0 Å². The summed E-state index contributed by atoms with van der Waals surface area (Å²) in [5, 5.41) is 6.81. The topological polar surface area (TPSA) is 50.4 Å². The third kappa shape index (κ3) is 4.27. The first kappa shape index (κ1) is 20.5. The van der Waals surface area contributed by atoms with Crippen molar-refractivity contribution in [3.05, 3.63) is 29.8 Å². The van der Waals surface area contributed by atoms with E-state index in [9.17, 15) is 4.79 Å². The average molecular weight is 393 g/mol. The van der Waals surface area contributed by atoms with E-state index >= 15 is 0 Å². The highest BCUT2D eigenvalue weighted by atomic mass is 35.5. The molecule has 3 fully saturated rings. The summed E-state index contributed by atoms with van der Waals surface area (Å²) in [4.78, 5) is 13.4. The molecule has 5 heteroatoms. The maximum absolute atomic E-state index is 13.4. The molecule has 1 aliphatic heterocycles. The van der Waals surface area contributed by atoms with Gasteiger partial charge >= 0.3 is 0 Å². The lowest BCUT2D eigenvalue weighted by atomic mass is 9.68. The van der Waals surface area contributed by atoms with Crippen molar-refractivity contribution in [2.45, 2.75) is 44.9 Å². The van der Waals surface area contributed by atoms with Crippen LogP contribution in [0.4, 0.5) is 0 Å². The second-order valence-electron chi connectivity index (χ2n) is 8.69. The highest BCUT2D eigenvalue weighted by Crippen LogP contribution is 2.57. The van der Waals surface area contributed by atoms with Crippen LogP contribution >= 0.6 is 12.4 Å². The minimum Gasteiger partial charge on any atom is -0.497 e. The minimum atomic E-state index is -0.211. The van der Waals surface area contributed by atoms with E-state index in [1.807, 2.05) is 12.1 Å². The maximum Gasteiger partial charge on any atom is 0.226 e. The molecule has 2 saturated carbocycles. The molecule has 27 heavy (non-hydrogen) atoms. The number of rotatable bonds is 6. The van der Waals surface area contributed by atoms with Gasteiger partial charge in [-0.05, 0) is 87.1 Å². The summed E-state index contributed by atoms with van der Waals surface area (Å²) >= 11 is 0. The standard InChI is InChI=1S/C22H32N2O2.ClH/c1-26-20-6-2-4-16(11-20)12-22(13-17-7-8-19(22)10-17)21(25)24-15-18-5-3-9-23-14-18;/h2,4,6,11,17-19,23H,3,5,7-10,12-15H2,1H3,(H,24,25);1H. The van der Waals surface area contributed by atoms with Gasteiger partial charge in [0, 0.05) is 6.54 Å². The number of piperidine rings is 1. The SMILES string of the molecule is COc1cccc(CC2(C(=O)NCC3CCCNC3)CC3CCC2C3)c1.Cl. The second kappa shape index (κ2) is 8.83. The minimum absolute atomic E-state index is 0. The smallest absolute Gasteiger partial charge is 0.226 e. The zero-order valence-electron chi connectivity index (χ0n) is 16.3. The lowest BCUT2D eigenvalue weighted by molar-refractivity contribution is -0.134. The van der Waals surface area contributed by atoms with E-state index in [0.717, 1.165) is 44.1 Å². The van der Waals surface area contributed by atoms with Crippen LogP contribution in [0.15, 0.2) is 24.3 Å². The first-order valence-electron chi connectivity index (χ1n) is 10.3. The van der Waals surface area contributed by atoms with Crippen molar-refractivity contribution in [2.24, 2.45) is 23.2 Å². The Bertz CT molecular complexity index is 647. The molecule has 4 atom stereocenters. The molecule has 0 radical (unpaired) electrons. The van der Waals surface area contributed by atoms with Gasteiger partial charge in [-0.1, -0.05) is 18.6 Å². The van der Waals surface area contributed by atoms with Gasteiger partial charge in [-0.25, -0.2) is 0 Å². The number of methoxy groups -OCH3 is 1. The van der Waals surface area contributed by atoms with Crippen LogP contribution in [0.2, 0.25) is 0 Å². The number of carbonyl (C=O) groups excluding carboxylic acids is 1. The predicted octanol–water partition coefficient (Wildman–Crippen LogP) is 3.58. The molecule has 2 N–H and O–H groups in total. The summed E-state index contributed by atoms with van der Waals surface area (Å²) in [5.41, 5.74) is 1.02. The van der Waals surface area contributed by atoms with Crippen LogP contribution < -0.4 is 15.4 Å². The summed E-state index contributed by atoms with van der Waals surface area (Å²) in [6.07, 6.45) is 8.12. The summed E-state index contributed by atoms with van der Waals surface area (Å²) in [6.45, 7) is 2.98. The van der Waals surface area contributed by atoms with E-state index in [-0.39, 0.29) is 17.8 Å². The maximum atomic E-state index is 13.4. The quantitative estimate of drug-likeness (QED) is 0.777. The number of amides is 1. The van der Waals surface area contributed by atoms with Crippen LogP contribution in [0.5, 0.6) is 5.75 Å². The zero-order valence-corrected chi connectivity index (χ0v) is 17.2. The number of hydrogen-bond donors (Lipinski definition) is 2. The first-order chi connectivity index (χ1) is 12.7. The Hall–Kier alpha value is -1.26. The van der Waals surface area contributed by atoms with Crippen LogP contribution in [0.1, 0.15) is 44.1 Å². The van der Waals surface area contributed by atoms with E-state index in [1.165, 1.54) is 37.7 Å². The van der Waals surface area contributed by atoms with E-state index < -0.39 is 0 Å². The Morgan fingerprint density at radius 1 is 1.33 bits per heavy atom. The molecule has 2 bridgehead atoms. The first-order valence-corrected chi connectivity index (χ1v) is 10.3. The molecule has 0 spiro atoms. The van der Waals surface area contributed by atoms with Crippen LogP contribution in [-0.4, -0.2) is 32.7 Å². The molecule has 4 rings (SSSR count). The van der Waals surface area contributed by atoms with Crippen molar-refractivity contribution < 1.29 is 9.53 Å². The molecule has 150 valence electrons. The molecular formula is C22H33ClN2O2. The summed E-state index contributed by atoms with van der Waals surface area (Å²) in [5.74, 6) is 3.06. The van der Waals surface area contributed by atoms with Gasteiger partial charge in [0.25, 0.3) is 0 Å². The molecule has 4 nitrogen and oxygen atoms in total. The fourth-order valence-electron chi connectivity index (χ4n) is 5.68. The van der Waals surface area contributed by atoms with Gasteiger partial charge in [0.2, 0.25) is 5.91 Å². The molecule has 2 aliphatic carbocycles. The summed E-state index contributed by atoms with van der Waals surface area (Å²) in [6, 6.07) is 8.27. The van der Waals surface area contributed by atoms with Gasteiger partial charge in [-0.3, -0.25) is 4.79 Å². The van der Waals surface area contributed by atoms with Crippen LogP contribution in [0, 0.1) is 23.2 Å². The lowest BCUT2D eigenvalue weighted by Crippen LogP contribution is -2.48. The number of carbonyl (C=O) groups is 1. The molecule has 1 amide bonds. The van der Waals surface area contributed by atoms with Gasteiger partial charge < -0.3 is 15.4 Å². The van der Waals surface area contributed by atoms with Crippen molar-refractivity contribution in [1.82, 2.24) is 10.6 Å². The van der Waals surface area contributed by atoms with Gasteiger partial charge in [0.1, 0.15) is 5.75 Å². The molecule has 1 aromatic rings. The van der Waals surface area contributed by atoms with Crippen molar-refractivity contribution in [3.63, 3.8) is 0 Å². The molecule has 0 aromatic heterocycles. The van der Waals surface area contributed by atoms with Crippen molar-refractivity contribution in [2.75, 3.05) is 26.7 Å². The van der Waals surface area contributed by atoms with E-state index in [0.29, 0.717) is 17.7 Å². The molecule has 1 heterocycles. The summed E-state index contributed by atoms with van der Waals surface area (Å²) < 4.78 is 5.39. The zero-order chi connectivity index (χ0) is 18.0. The largest absolute Gasteiger partial charge is 0.497 e. The number of fused-ring (bicyclic) bond motifs is 2.